The molecule has 2 atom stereocenters. The zero-order chi connectivity index (χ0) is 18.7. The third-order valence-electron chi connectivity index (χ3n) is 5.15. The van der Waals surface area contributed by atoms with Gasteiger partial charge < -0.3 is 4.90 Å². The number of hydrogen-bond donors (Lipinski definition) is 1. The van der Waals surface area contributed by atoms with E-state index in [1.807, 2.05) is 12.3 Å². The molecule has 1 aliphatic heterocycles. The molecule has 0 aliphatic carbocycles. The molecule has 1 N–H and O–H groups in total. The molecule has 0 bridgehead atoms. The van der Waals surface area contributed by atoms with E-state index >= 15 is 0 Å². The van der Waals surface area contributed by atoms with Gasteiger partial charge in [-0.25, -0.2) is 4.85 Å². The predicted molar refractivity (Wildman–Crippen MR) is 102 cm³/mol. The highest BCUT2D eigenvalue weighted by molar-refractivity contribution is 5.69. The largest absolute Gasteiger partial charge is 0.374 e. The number of nitrogens with one attached hydrogen (secondary N) is 1. The van der Waals surface area contributed by atoms with Crippen LogP contribution in [0.5, 0.6) is 0 Å². The molecule has 136 valence electrons. The maximum Gasteiger partial charge on any atom is 0.275 e. The third kappa shape index (κ3) is 3.33. The number of H-pyrrole nitrogens is 1. The van der Waals surface area contributed by atoms with Crippen LogP contribution in [0.3, 0.4) is 0 Å². The van der Waals surface area contributed by atoms with Crippen molar-refractivity contribution < 1.29 is 0 Å². The van der Waals surface area contributed by atoms with E-state index in [1.165, 1.54) is 5.56 Å². The second kappa shape index (κ2) is 7.67. The van der Waals surface area contributed by atoms with Crippen LogP contribution in [-0.2, 0) is 6.42 Å². The van der Waals surface area contributed by atoms with E-state index in [0.29, 0.717) is 5.69 Å². The lowest BCUT2D eigenvalue weighted by Crippen LogP contribution is -2.52. The minimum atomic E-state index is -0.427. The van der Waals surface area contributed by atoms with Crippen LogP contribution in [-0.4, -0.2) is 45.8 Å². The predicted octanol–water partition coefficient (Wildman–Crippen LogP) is 2.55. The molecule has 2 aromatic rings. The molecule has 1 saturated heterocycles. The Morgan fingerprint density at radius 1 is 1.46 bits per heavy atom. The summed E-state index contributed by atoms with van der Waals surface area (Å²) < 4.78 is 0. The molecule has 26 heavy (non-hydrogen) atoms. The van der Waals surface area contributed by atoms with Gasteiger partial charge in [0.15, 0.2) is 0 Å². The van der Waals surface area contributed by atoms with Crippen LogP contribution in [0.25, 0.3) is 4.85 Å². The second-order valence-electron chi connectivity index (χ2n) is 6.65. The van der Waals surface area contributed by atoms with Crippen LogP contribution in [0.1, 0.15) is 38.1 Å². The Morgan fingerprint density at radius 2 is 2.27 bits per heavy atom. The van der Waals surface area contributed by atoms with Gasteiger partial charge in [-0.05, 0) is 31.9 Å². The molecule has 0 saturated carbocycles. The maximum absolute atomic E-state index is 11.9. The number of nitrogens with zero attached hydrogens (tertiary/aromatic N) is 5. The quantitative estimate of drug-likeness (QED) is 0.857. The van der Waals surface area contributed by atoms with E-state index in [2.05, 4.69) is 56.7 Å². The molecule has 0 unspecified atom stereocenters. The highest BCUT2D eigenvalue weighted by Gasteiger charge is 2.30. The number of aromatic amines is 1. The summed E-state index contributed by atoms with van der Waals surface area (Å²) in [7, 11) is 0. The van der Waals surface area contributed by atoms with E-state index < -0.39 is 5.56 Å². The summed E-state index contributed by atoms with van der Waals surface area (Å²) in [5.41, 5.74) is 2.73. The molecule has 0 radical (unpaired) electrons. The lowest BCUT2D eigenvalue weighted by molar-refractivity contribution is 0.175. The van der Waals surface area contributed by atoms with Crippen molar-refractivity contribution in [2.45, 2.75) is 39.3 Å². The topological polar surface area (TPSA) is 69.5 Å². The summed E-state index contributed by atoms with van der Waals surface area (Å²) in [4.78, 5) is 24.3. The summed E-state index contributed by atoms with van der Waals surface area (Å²) >= 11 is 0. The molecule has 7 heteroatoms. The maximum atomic E-state index is 11.9. The zero-order valence-corrected chi connectivity index (χ0v) is 15.4. The third-order valence-corrected chi connectivity index (χ3v) is 5.15. The van der Waals surface area contributed by atoms with Crippen molar-refractivity contribution in [3.8, 4) is 0 Å². The Kier molecular flexibility index (Phi) is 5.33. The van der Waals surface area contributed by atoms with Gasteiger partial charge in [0.1, 0.15) is 0 Å². The van der Waals surface area contributed by atoms with Crippen molar-refractivity contribution >= 4 is 11.4 Å². The first-order valence-electron chi connectivity index (χ1n) is 8.96. The summed E-state index contributed by atoms with van der Waals surface area (Å²) in [6.45, 7) is 16.2. The SMILES string of the molecule is [C-]#[N+]c1c(N2CCN([C@@H](C)c3cccnc3CC)C[C@H]2C)cn[nH]c1=O. The fourth-order valence-electron chi connectivity index (χ4n) is 3.72. The summed E-state index contributed by atoms with van der Waals surface area (Å²) in [6.07, 6.45) is 4.35. The van der Waals surface area contributed by atoms with Gasteiger partial charge in [0.05, 0.1) is 18.5 Å². The zero-order valence-electron chi connectivity index (χ0n) is 15.4. The number of pyridine rings is 1. The molecular weight excluding hydrogens is 328 g/mol. The minimum absolute atomic E-state index is 0.119. The highest BCUT2D eigenvalue weighted by Crippen LogP contribution is 2.30. The normalized spacial score (nSPS) is 19.2. The average molecular weight is 352 g/mol. The van der Waals surface area contributed by atoms with E-state index in [0.717, 1.165) is 31.7 Å². The number of rotatable bonds is 4. The van der Waals surface area contributed by atoms with Crippen LogP contribution in [0.15, 0.2) is 29.3 Å². The van der Waals surface area contributed by atoms with E-state index in [4.69, 9.17) is 6.57 Å². The molecule has 2 aromatic heterocycles. The molecule has 1 fully saturated rings. The summed E-state index contributed by atoms with van der Waals surface area (Å²) in [5.74, 6) is 0. The van der Waals surface area contributed by atoms with E-state index in [9.17, 15) is 4.79 Å². The molecule has 1 aliphatic rings. The fourth-order valence-corrected chi connectivity index (χ4v) is 3.72. The summed E-state index contributed by atoms with van der Waals surface area (Å²) in [6, 6.07) is 4.61. The monoisotopic (exact) mass is 352 g/mol. The molecule has 0 aromatic carbocycles. The highest BCUT2D eigenvalue weighted by atomic mass is 16.1. The van der Waals surface area contributed by atoms with Gasteiger partial charge >= 0.3 is 0 Å². The lowest BCUT2D eigenvalue weighted by Gasteiger charge is -2.44. The van der Waals surface area contributed by atoms with E-state index in [1.54, 1.807) is 6.20 Å². The molecule has 0 amide bonds. The Morgan fingerprint density at radius 3 is 2.96 bits per heavy atom. The minimum Gasteiger partial charge on any atom is -0.374 e. The van der Waals surface area contributed by atoms with Crippen molar-refractivity contribution in [2.24, 2.45) is 0 Å². The molecule has 3 heterocycles. The van der Waals surface area contributed by atoms with Crippen molar-refractivity contribution in [1.82, 2.24) is 20.1 Å². The van der Waals surface area contributed by atoms with Gasteiger partial charge in [-0.2, -0.15) is 5.10 Å². The first-order chi connectivity index (χ1) is 12.6. The second-order valence-corrected chi connectivity index (χ2v) is 6.65. The standard InChI is InChI=1S/C19H24N6O/c1-5-16-15(7-6-8-21-16)14(3)24-9-10-25(13(2)12-24)17-11-22-23-19(26)18(17)20-4/h6-8,11,13-14H,5,9-10,12H2,1-3H3,(H,23,26)/t13-,14+/m1/s1. The van der Waals surface area contributed by atoms with Crippen molar-refractivity contribution in [3.05, 3.63) is 57.6 Å². The van der Waals surface area contributed by atoms with Crippen LogP contribution in [0, 0.1) is 6.57 Å². The number of anilines is 1. The van der Waals surface area contributed by atoms with Crippen LogP contribution < -0.4 is 10.5 Å². The Bertz CT molecular complexity index is 871. The van der Waals surface area contributed by atoms with Gasteiger partial charge in [-0.3, -0.25) is 19.8 Å². The Labute approximate surface area is 153 Å². The summed E-state index contributed by atoms with van der Waals surface area (Å²) in [5, 5.41) is 6.23. The van der Waals surface area contributed by atoms with Crippen molar-refractivity contribution in [3.63, 3.8) is 0 Å². The van der Waals surface area contributed by atoms with Gasteiger partial charge in [-0.15, -0.1) is 0 Å². The molecule has 3 rings (SSSR count). The van der Waals surface area contributed by atoms with Crippen molar-refractivity contribution in [2.75, 3.05) is 24.5 Å². The number of hydrogen-bond acceptors (Lipinski definition) is 5. The number of aromatic nitrogens is 3. The van der Waals surface area contributed by atoms with Gasteiger partial charge in [0, 0.05) is 43.6 Å². The van der Waals surface area contributed by atoms with Crippen molar-refractivity contribution in [1.29, 1.82) is 0 Å². The first kappa shape index (κ1) is 18.1. The Hall–Kier alpha value is -2.72. The van der Waals surface area contributed by atoms with Gasteiger partial charge in [0.25, 0.3) is 11.2 Å². The lowest BCUT2D eigenvalue weighted by atomic mass is 10.0. The Balaban J connectivity index is 1.80. The van der Waals surface area contributed by atoms with Crippen LogP contribution in [0.4, 0.5) is 11.4 Å². The molecular formula is C19H24N6O. The van der Waals surface area contributed by atoms with Crippen LogP contribution >= 0.6 is 0 Å². The molecule has 0 spiro atoms. The number of aryl methyl sites for hydroxylation is 1. The first-order valence-corrected chi connectivity index (χ1v) is 8.96. The van der Waals surface area contributed by atoms with Gasteiger partial charge in [0.2, 0.25) is 0 Å². The fraction of sp³-hybridized carbons (Fsp3) is 0.474. The van der Waals surface area contributed by atoms with Crippen LogP contribution in [0.2, 0.25) is 0 Å². The smallest absolute Gasteiger partial charge is 0.275 e. The number of piperazine rings is 1. The van der Waals surface area contributed by atoms with Gasteiger partial charge in [-0.1, -0.05) is 13.0 Å². The van der Waals surface area contributed by atoms with E-state index in [-0.39, 0.29) is 17.8 Å². The average Bonchev–Trinajstić information content (AvgIpc) is 2.67. The molecule has 7 nitrogen and oxygen atoms in total.